The number of oxime groups is 1. The first-order valence-corrected chi connectivity index (χ1v) is 9.82. The summed E-state index contributed by atoms with van der Waals surface area (Å²) in [6.07, 6.45) is 5.58. The molecule has 8 heteroatoms. The molecule has 0 unspecified atom stereocenters. The number of hydrogen-bond acceptors (Lipinski definition) is 4. The van der Waals surface area contributed by atoms with E-state index < -0.39 is 0 Å². The van der Waals surface area contributed by atoms with Crippen LogP contribution in [0.3, 0.4) is 0 Å². The van der Waals surface area contributed by atoms with Gasteiger partial charge in [-0.05, 0) is 30.7 Å². The maximum atomic E-state index is 12.2. The number of likely N-dealkylation sites (N-methyl/N-ethyl adjacent to an activating group) is 1. The monoisotopic (exact) mass is 442 g/mol. The Balaban J connectivity index is 1.97. The highest BCUT2D eigenvalue weighted by atomic mass is 35.5. The third-order valence-electron chi connectivity index (χ3n) is 4.47. The maximum absolute atomic E-state index is 12.2. The number of carbonyl (C=O) groups is 1. The van der Waals surface area contributed by atoms with Crippen molar-refractivity contribution in [3.8, 4) is 5.69 Å². The number of nitrogens with one attached hydrogen (secondary N) is 1. The van der Waals surface area contributed by atoms with Crippen molar-refractivity contribution in [3.63, 3.8) is 0 Å². The zero-order valence-electron chi connectivity index (χ0n) is 16.7. The van der Waals surface area contributed by atoms with Crippen LogP contribution in [0.4, 0.5) is 0 Å². The molecule has 154 valence electrons. The number of rotatable bonds is 6. The lowest BCUT2D eigenvalue weighted by molar-refractivity contribution is -0.114. The minimum atomic E-state index is -0.334. The highest BCUT2D eigenvalue weighted by Crippen LogP contribution is 2.26. The average Bonchev–Trinajstić information content (AvgIpc) is 3.10. The molecule has 30 heavy (non-hydrogen) atoms. The molecule has 3 rings (SSSR count). The number of carbonyl (C=O) groups excluding carboxylic acids is 1. The van der Waals surface area contributed by atoms with Crippen molar-refractivity contribution in [3.05, 3.63) is 81.1 Å². The van der Waals surface area contributed by atoms with Crippen molar-refractivity contribution in [2.45, 2.75) is 6.92 Å². The van der Waals surface area contributed by atoms with Crippen molar-refractivity contribution >= 4 is 47.0 Å². The molecule has 0 aliphatic heterocycles. The molecule has 0 aliphatic carbocycles. The van der Waals surface area contributed by atoms with E-state index in [4.69, 9.17) is 28.0 Å². The summed E-state index contributed by atoms with van der Waals surface area (Å²) in [7, 11) is 2.95. The zero-order chi connectivity index (χ0) is 21.7. The van der Waals surface area contributed by atoms with E-state index in [1.807, 2.05) is 49.4 Å². The van der Waals surface area contributed by atoms with E-state index in [0.29, 0.717) is 15.6 Å². The van der Waals surface area contributed by atoms with Crippen LogP contribution in [-0.4, -0.2) is 35.6 Å². The minimum Gasteiger partial charge on any atom is -0.398 e. The lowest BCUT2D eigenvalue weighted by Crippen LogP contribution is -2.29. The molecule has 0 saturated carbocycles. The van der Waals surface area contributed by atoms with Gasteiger partial charge in [-0.25, -0.2) is 4.68 Å². The Hall–Kier alpha value is -3.09. The third kappa shape index (κ3) is 4.56. The van der Waals surface area contributed by atoms with Gasteiger partial charge in [0.2, 0.25) is 0 Å². The van der Waals surface area contributed by atoms with Crippen LogP contribution in [-0.2, 0) is 9.63 Å². The van der Waals surface area contributed by atoms with Crippen LogP contribution < -0.4 is 5.32 Å². The van der Waals surface area contributed by atoms with Gasteiger partial charge in [0.05, 0.1) is 16.9 Å². The number of aromatic nitrogens is 2. The quantitative estimate of drug-likeness (QED) is 0.442. The number of halogens is 2. The lowest BCUT2D eigenvalue weighted by Gasteiger charge is -2.08. The van der Waals surface area contributed by atoms with Gasteiger partial charge in [0.25, 0.3) is 5.91 Å². The van der Waals surface area contributed by atoms with Gasteiger partial charge in [0, 0.05) is 28.9 Å². The molecule has 1 N–H and O–H groups in total. The Morgan fingerprint density at radius 1 is 1.17 bits per heavy atom. The van der Waals surface area contributed by atoms with Gasteiger partial charge in [0.15, 0.2) is 5.71 Å². The second-order valence-corrected chi connectivity index (χ2v) is 7.16. The summed E-state index contributed by atoms with van der Waals surface area (Å²) >= 11 is 12.3. The van der Waals surface area contributed by atoms with Gasteiger partial charge in [-0.15, -0.1) is 0 Å². The summed E-state index contributed by atoms with van der Waals surface area (Å²) in [5.41, 5.74) is 4.22. The van der Waals surface area contributed by atoms with Crippen LogP contribution in [0.25, 0.3) is 17.8 Å². The van der Waals surface area contributed by atoms with E-state index in [2.05, 4.69) is 15.6 Å². The molecule has 1 amide bonds. The molecule has 0 radical (unpaired) electrons. The van der Waals surface area contributed by atoms with E-state index >= 15 is 0 Å². The third-order valence-corrected chi connectivity index (χ3v) is 5.01. The fraction of sp³-hybridized carbons (Fsp3) is 0.136. The summed E-state index contributed by atoms with van der Waals surface area (Å²) in [5, 5.41) is 12.0. The topological polar surface area (TPSA) is 68.5 Å². The predicted octanol–water partition coefficient (Wildman–Crippen LogP) is 4.75. The molecule has 3 aromatic rings. The number of nitrogens with zero attached hydrogens (tertiary/aromatic N) is 3. The van der Waals surface area contributed by atoms with Crippen molar-refractivity contribution in [2.24, 2.45) is 5.16 Å². The number of benzene rings is 2. The summed E-state index contributed by atoms with van der Waals surface area (Å²) in [4.78, 5) is 17.1. The molecule has 0 spiro atoms. The van der Waals surface area contributed by atoms with Gasteiger partial charge in [-0.3, -0.25) is 4.79 Å². The van der Waals surface area contributed by atoms with E-state index in [1.54, 1.807) is 30.1 Å². The highest BCUT2D eigenvalue weighted by molar-refractivity contribution is 6.45. The summed E-state index contributed by atoms with van der Waals surface area (Å²) in [6, 6.07) is 12.7. The Kier molecular flexibility index (Phi) is 6.92. The fourth-order valence-electron chi connectivity index (χ4n) is 2.94. The molecule has 0 fully saturated rings. The summed E-state index contributed by atoms with van der Waals surface area (Å²) < 4.78 is 1.76. The minimum absolute atomic E-state index is 0.195. The second kappa shape index (κ2) is 9.61. The van der Waals surface area contributed by atoms with Gasteiger partial charge in [0.1, 0.15) is 7.11 Å². The van der Waals surface area contributed by atoms with E-state index in [1.165, 1.54) is 7.11 Å². The van der Waals surface area contributed by atoms with Crippen molar-refractivity contribution in [2.75, 3.05) is 14.2 Å². The van der Waals surface area contributed by atoms with E-state index in [0.717, 1.165) is 22.5 Å². The molecule has 6 nitrogen and oxygen atoms in total. The van der Waals surface area contributed by atoms with Crippen molar-refractivity contribution in [1.29, 1.82) is 0 Å². The molecular weight excluding hydrogens is 423 g/mol. The maximum Gasteiger partial charge on any atom is 0.273 e. The molecule has 0 aliphatic rings. The Morgan fingerprint density at radius 3 is 2.60 bits per heavy atom. The Bertz CT molecular complexity index is 1140. The van der Waals surface area contributed by atoms with Crippen LogP contribution in [0.5, 0.6) is 0 Å². The molecule has 1 aromatic heterocycles. The first-order valence-electron chi connectivity index (χ1n) is 9.07. The molecular formula is C22H20Cl2N4O2. The Morgan fingerprint density at radius 2 is 1.90 bits per heavy atom. The van der Waals surface area contributed by atoms with Crippen LogP contribution in [0.1, 0.15) is 22.4 Å². The smallest absolute Gasteiger partial charge is 0.273 e. The highest BCUT2D eigenvalue weighted by Gasteiger charge is 2.16. The normalized spacial score (nSPS) is 11.7. The van der Waals surface area contributed by atoms with Crippen LogP contribution in [0.2, 0.25) is 10.0 Å². The van der Waals surface area contributed by atoms with Gasteiger partial charge in [-0.2, -0.15) is 5.10 Å². The first-order chi connectivity index (χ1) is 14.5. The molecule has 0 atom stereocenters. The largest absolute Gasteiger partial charge is 0.398 e. The number of amides is 1. The van der Waals surface area contributed by atoms with Crippen molar-refractivity contribution in [1.82, 2.24) is 15.1 Å². The predicted molar refractivity (Wildman–Crippen MR) is 121 cm³/mol. The van der Waals surface area contributed by atoms with Gasteiger partial charge < -0.3 is 10.2 Å². The zero-order valence-corrected chi connectivity index (χ0v) is 18.2. The first kappa shape index (κ1) is 21.6. The summed E-state index contributed by atoms with van der Waals surface area (Å²) in [6.45, 7) is 1.95. The van der Waals surface area contributed by atoms with E-state index in [-0.39, 0.29) is 11.6 Å². The van der Waals surface area contributed by atoms with Crippen LogP contribution in [0, 0.1) is 6.92 Å². The molecule has 0 bridgehead atoms. The molecule has 1 heterocycles. The average molecular weight is 443 g/mol. The lowest BCUT2D eigenvalue weighted by atomic mass is 10.0. The molecule has 2 aromatic carbocycles. The SMILES string of the molecule is CNC(=O)C(=NOC)c1ccccc1C=Cc1cnn(-c2ccc(Cl)cc2Cl)c1C. The van der Waals surface area contributed by atoms with Gasteiger partial charge in [-0.1, -0.05) is 64.8 Å². The number of hydrogen-bond donors (Lipinski definition) is 1. The van der Waals surface area contributed by atoms with Gasteiger partial charge >= 0.3 is 0 Å². The van der Waals surface area contributed by atoms with Crippen LogP contribution in [0.15, 0.2) is 53.8 Å². The second-order valence-electron chi connectivity index (χ2n) is 6.32. The standard InChI is InChI=1S/C22H20Cl2N4O2/c1-14-16(13-26-28(14)20-11-10-17(23)12-19(20)24)9-8-15-6-4-5-7-18(15)21(27-30-3)22(29)25-2/h4-13H,1-3H3,(H,25,29). The Labute approximate surface area is 184 Å². The summed E-state index contributed by atoms with van der Waals surface area (Å²) in [5.74, 6) is -0.334. The van der Waals surface area contributed by atoms with E-state index in [9.17, 15) is 4.79 Å². The van der Waals surface area contributed by atoms with Crippen molar-refractivity contribution < 1.29 is 9.63 Å². The van der Waals surface area contributed by atoms with Crippen LogP contribution >= 0.6 is 23.2 Å². The fourth-order valence-corrected chi connectivity index (χ4v) is 3.43. The molecule has 0 saturated heterocycles.